The number of benzene rings is 2. The number of carbonyl (C=O) groups excluding carboxylic acids is 1. The van der Waals surface area contributed by atoms with Crippen LogP contribution >= 0.6 is 0 Å². The van der Waals surface area contributed by atoms with Crippen LogP contribution in [0.1, 0.15) is 21.5 Å². The zero-order valence-electron chi connectivity index (χ0n) is 15.0. The lowest BCUT2D eigenvalue weighted by molar-refractivity contribution is 0.0796. The van der Waals surface area contributed by atoms with Crippen LogP contribution < -0.4 is 4.74 Å². The van der Waals surface area contributed by atoms with E-state index in [-0.39, 0.29) is 5.91 Å². The summed E-state index contributed by atoms with van der Waals surface area (Å²) in [5, 5.41) is 0. The van der Waals surface area contributed by atoms with Crippen molar-refractivity contribution >= 4 is 5.91 Å². The number of rotatable bonds is 7. The highest BCUT2D eigenvalue weighted by atomic mass is 16.5. The predicted octanol–water partition coefficient (Wildman–Crippen LogP) is 3.07. The number of likely N-dealkylation sites (N-methyl/N-ethyl adjacent to an activating group) is 1. The fourth-order valence-corrected chi connectivity index (χ4v) is 2.69. The van der Waals surface area contributed by atoms with E-state index in [0.717, 1.165) is 35.4 Å². The summed E-state index contributed by atoms with van der Waals surface area (Å²) in [5.41, 5.74) is 2.99. The van der Waals surface area contributed by atoms with Gasteiger partial charge in [0.25, 0.3) is 5.91 Å². The number of hydrogen-bond acceptors (Lipinski definition) is 3. The minimum absolute atomic E-state index is 0.0468. The molecule has 0 N–H and O–H groups in total. The molecule has 4 nitrogen and oxygen atoms in total. The lowest BCUT2D eigenvalue weighted by Gasteiger charge is -2.19. The number of amides is 1. The van der Waals surface area contributed by atoms with Gasteiger partial charge in [0.1, 0.15) is 5.75 Å². The van der Waals surface area contributed by atoms with Gasteiger partial charge in [0.2, 0.25) is 0 Å². The van der Waals surface area contributed by atoms with Crippen molar-refractivity contribution in [2.45, 2.75) is 13.0 Å². The van der Waals surface area contributed by atoms with Crippen LogP contribution in [0.2, 0.25) is 0 Å². The van der Waals surface area contributed by atoms with Crippen LogP contribution in [0.3, 0.4) is 0 Å². The Hall–Kier alpha value is -2.33. The molecule has 0 atom stereocenters. The highest BCUT2D eigenvalue weighted by Crippen LogP contribution is 2.18. The molecule has 24 heavy (non-hydrogen) atoms. The lowest BCUT2D eigenvalue weighted by atomic mass is 10.1. The normalized spacial score (nSPS) is 10.7. The first-order valence-electron chi connectivity index (χ1n) is 8.12. The average molecular weight is 326 g/mol. The third-order valence-electron chi connectivity index (χ3n) is 3.93. The topological polar surface area (TPSA) is 32.8 Å². The van der Waals surface area contributed by atoms with E-state index >= 15 is 0 Å². The first-order chi connectivity index (χ1) is 11.5. The molecule has 0 saturated carbocycles. The van der Waals surface area contributed by atoms with Crippen molar-refractivity contribution in [2.24, 2.45) is 0 Å². The zero-order valence-corrected chi connectivity index (χ0v) is 15.0. The van der Waals surface area contributed by atoms with Crippen LogP contribution in [-0.4, -0.2) is 50.5 Å². The molecule has 0 saturated heterocycles. The number of para-hydroxylation sites is 1. The Kier molecular flexibility index (Phi) is 6.38. The molecule has 2 aromatic rings. The minimum Gasteiger partial charge on any atom is -0.496 e. The summed E-state index contributed by atoms with van der Waals surface area (Å²) in [4.78, 5) is 16.5. The molecule has 2 rings (SSSR count). The Morgan fingerprint density at radius 3 is 2.50 bits per heavy atom. The van der Waals surface area contributed by atoms with Gasteiger partial charge in [0.15, 0.2) is 0 Å². The second kappa shape index (κ2) is 8.50. The molecule has 2 aromatic carbocycles. The summed E-state index contributed by atoms with van der Waals surface area (Å²) >= 11 is 0. The van der Waals surface area contributed by atoms with Gasteiger partial charge in [0.05, 0.1) is 7.11 Å². The molecule has 0 unspecified atom stereocenters. The first-order valence-corrected chi connectivity index (χ1v) is 8.12. The van der Waals surface area contributed by atoms with Gasteiger partial charge in [-0.1, -0.05) is 30.3 Å². The molecular weight excluding hydrogens is 300 g/mol. The van der Waals surface area contributed by atoms with E-state index in [1.165, 1.54) is 0 Å². The maximum atomic E-state index is 12.6. The van der Waals surface area contributed by atoms with Gasteiger partial charge in [-0.05, 0) is 49.8 Å². The van der Waals surface area contributed by atoms with E-state index < -0.39 is 0 Å². The fourth-order valence-electron chi connectivity index (χ4n) is 2.69. The quantitative estimate of drug-likeness (QED) is 0.784. The summed E-state index contributed by atoms with van der Waals surface area (Å²) in [5.74, 6) is 0.914. The van der Waals surface area contributed by atoms with Gasteiger partial charge in [-0.25, -0.2) is 0 Å². The number of ether oxygens (including phenoxy) is 1. The Labute approximate surface area is 144 Å². The number of hydrogen-bond donors (Lipinski definition) is 0. The van der Waals surface area contributed by atoms with Crippen molar-refractivity contribution in [2.75, 3.05) is 34.8 Å². The number of carbonyl (C=O) groups is 1. The molecule has 0 fully saturated rings. The fraction of sp³-hybridized carbons (Fsp3) is 0.350. The van der Waals surface area contributed by atoms with Crippen LogP contribution in [0.25, 0.3) is 0 Å². The average Bonchev–Trinajstić information content (AvgIpc) is 2.58. The third kappa shape index (κ3) is 4.83. The molecule has 1 amide bonds. The van der Waals surface area contributed by atoms with Crippen molar-refractivity contribution in [3.05, 3.63) is 65.2 Å². The molecule has 0 radical (unpaired) electrons. The monoisotopic (exact) mass is 326 g/mol. The van der Waals surface area contributed by atoms with E-state index in [0.29, 0.717) is 6.54 Å². The molecule has 0 aliphatic heterocycles. The van der Waals surface area contributed by atoms with Crippen LogP contribution in [-0.2, 0) is 13.0 Å². The van der Waals surface area contributed by atoms with E-state index in [1.54, 1.807) is 12.0 Å². The summed E-state index contributed by atoms with van der Waals surface area (Å²) < 4.78 is 5.37. The van der Waals surface area contributed by atoms with Gasteiger partial charge in [-0.3, -0.25) is 4.79 Å². The summed E-state index contributed by atoms with van der Waals surface area (Å²) in [7, 11) is 7.56. The Balaban J connectivity index is 2.01. The minimum atomic E-state index is 0.0468. The van der Waals surface area contributed by atoms with Gasteiger partial charge in [-0.15, -0.1) is 0 Å². The van der Waals surface area contributed by atoms with Crippen LogP contribution in [0.5, 0.6) is 5.75 Å². The highest BCUT2D eigenvalue weighted by molar-refractivity contribution is 5.94. The Bertz CT molecular complexity index is 683. The largest absolute Gasteiger partial charge is 0.496 e. The SMILES string of the molecule is COc1ccccc1CCN(C)C(=O)c1cccc(CN(C)C)c1. The molecule has 128 valence electrons. The standard InChI is InChI=1S/C20H26N2O2/c1-21(2)15-16-8-7-10-18(14-16)20(23)22(3)13-12-17-9-5-6-11-19(17)24-4/h5-11,14H,12-13,15H2,1-4H3. The highest BCUT2D eigenvalue weighted by Gasteiger charge is 2.13. The maximum absolute atomic E-state index is 12.6. The van der Waals surface area contributed by atoms with Crippen molar-refractivity contribution in [1.82, 2.24) is 9.80 Å². The molecular formula is C20H26N2O2. The van der Waals surface area contributed by atoms with Crippen molar-refractivity contribution in [3.8, 4) is 5.75 Å². The molecule has 0 aliphatic carbocycles. The van der Waals surface area contributed by atoms with Crippen LogP contribution in [0, 0.1) is 0 Å². The summed E-state index contributed by atoms with van der Waals surface area (Å²) in [6, 6.07) is 15.8. The molecule has 4 heteroatoms. The first kappa shape index (κ1) is 18.0. The Morgan fingerprint density at radius 1 is 1.04 bits per heavy atom. The zero-order chi connectivity index (χ0) is 17.5. The molecule has 0 heterocycles. The van der Waals surface area contributed by atoms with Crippen LogP contribution in [0.4, 0.5) is 0 Å². The van der Waals surface area contributed by atoms with E-state index in [9.17, 15) is 4.79 Å². The van der Waals surface area contributed by atoms with Gasteiger partial charge < -0.3 is 14.5 Å². The second-order valence-electron chi connectivity index (χ2n) is 6.23. The van der Waals surface area contributed by atoms with Crippen molar-refractivity contribution in [3.63, 3.8) is 0 Å². The summed E-state index contributed by atoms with van der Waals surface area (Å²) in [6.07, 6.45) is 0.768. The Morgan fingerprint density at radius 2 is 1.79 bits per heavy atom. The maximum Gasteiger partial charge on any atom is 0.253 e. The molecule has 0 bridgehead atoms. The van der Waals surface area contributed by atoms with Crippen molar-refractivity contribution < 1.29 is 9.53 Å². The number of methoxy groups -OCH3 is 1. The van der Waals surface area contributed by atoms with Crippen LogP contribution in [0.15, 0.2) is 48.5 Å². The van der Waals surface area contributed by atoms with E-state index in [2.05, 4.69) is 4.90 Å². The number of nitrogens with zero attached hydrogens (tertiary/aromatic N) is 2. The summed E-state index contributed by atoms with van der Waals surface area (Å²) in [6.45, 7) is 1.48. The molecule has 0 aromatic heterocycles. The second-order valence-corrected chi connectivity index (χ2v) is 6.23. The predicted molar refractivity (Wildman–Crippen MR) is 97.5 cm³/mol. The lowest BCUT2D eigenvalue weighted by Crippen LogP contribution is -2.29. The smallest absolute Gasteiger partial charge is 0.253 e. The van der Waals surface area contributed by atoms with Crippen molar-refractivity contribution in [1.29, 1.82) is 0 Å². The van der Waals surface area contributed by atoms with E-state index in [1.807, 2.05) is 69.7 Å². The van der Waals surface area contributed by atoms with Gasteiger partial charge in [0, 0.05) is 25.7 Å². The van der Waals surface area contributed by atoms with Gasteiger partial charge in [-0.2, -0.15) is 0 Å². The molecule has 0 aliphatic rings. The van der Waals surface area contributed by atoms with E-state index in [4.69, 9.17) is 4.74 Å². The molecule has 0 spiro atoms. The third-order valence-corrected chi connectivity index (χ3v) is 3.93. The van der Waals surface area contributed by atoms with Gasteiger partial charge >= 0.3 is 0 Å².